The predicted molar refractivity (Wildman–Crippen MR) is 104 cm³/mol. The summed E-state index contributed by atoms with van der Waals surface area (Å²) in [6.45, 7) is 5.59. The Kier molecular flexibility index (Phi) is 5.13. The second-order valence-corrected chi connectivity index (χ2v) is 7.94. The Morgan fingerprint density at radius 1 is 1.00 bits per heavy atom. The maximum absolute atomic E-state index is 12.7. The summed E-state index contributed by atoms with van der Waals surface area (Å²) in [4.78, 5) is 34.2. The molecule has 2 aliphatic rings. The van der Waals surface area contributed by atoms with Crippen molar-refractivity contribution < 1.29 is 9.59 Å². The molecule has 0 bridgehead atoms. The number of aromatic nitrogens is 2. The fourth-order valence-electron chi connectivity index (χ4n) is 3.45. The number of carbonyl (C=O) groups excluding carboxylic acids is 2. The highest BCUT2D eigenvalue weighted by Crippen LogP contribution is 2.23. The fourth-order valence-corrected chi connectivity index (χ4v) is 4.14. The van der Waals surface area contributed by atoms with Crippen molar-refractivity contribution in [1.82, 2.24) is 29.8 Å². The van der Waals surface area contributed by atoms with Crippen molar-refractivity contribution in [3.05, 3.63) is 29.3 Å². The van der Waals surface area contributed by atoms with Crippen molar-refractivity contribution >= 4 is 23.3 Å². The summed E-state index contributed by atoms with van der Waals surface area (Å²) in [6, 6.07) is 5.86. The highest BCUT2D eigenvalue weighted by Gasteiger charge is 2.29. The topological polar surface area (TPSA) is 75.8 Å². The number of carbonyl (C=O) groups is 2. The first-order valence-corrected chi connectivity index (χ1v) is 10.1. The van der Waals surface area contributed by atoms with E-state index >= 15 is 0 Å². The van der Waals surface area contributed by atoms with Crippen LogP contribution in [-0.4, -0.2) is 101 Å². The molecule has 2 aromatic rings. The summed E-state index contributed by atoms with van der Waals surface area (Å²) in [5.74, 6) is -0.0826. The zero-order valence-corrected chi connectivity index (χ0v) is 16.2. The molecule has 4 rings (SSSR count). The van der Waals surface area contributed by atoms with Crippen molar-refractivity contribution in [1.29, 1.82) is 0 Å². The van der Waals surface area contributed by atoms with Crippen LogP contribution in [0.25, 0.3) is 10.6 Å². The number of hydrogen-bond donors (Lipinski definition) is 1. The quantitative estimate of drug-likeness (QED) is 0.841. The van der Waals surface area contributed by atoms with E-state index in [-0.39, 0.29) is 11.9 Å². The average molecular weight is 388 g/mol. The molecule has 2 fully saturated rings. The molecule has 0 saturated carbocycles. The standard InChI is InChI=1S/C18H24N6O2S/c1-21-4-6-23(7-5-21)18(26)24-10-8-22(9-11-24)17(25)15-13-14(19-20-15)16-3-2-12-27-16/h2-3,12-13H,4-11H2,1H3,(H,19,20). The van der Waals surface area contributed by atoms with E-state index in [2.05, 4.69) is 22.1 Å². The van der Waals surface area contributed by atoms with Crippen LogP contribution in [-0.2, 0) is 0 Å². The minimum Gasteiger partial charge on any atom is -0.334 e. The maximum Gasteiger partial charge on any atom is 0.320 e. The van der Waals surface area contributed by atoms with Gasteiger partial charge in [-0.05, 0) is 24.6 Å². The van der Waals surface area contributed by atoms with Gasteiger partial charge in [0.15, 0.2) is 5.69 Å². The largest absolute Gasteiger partial charge is 0.334 e. The highest BCUT2D eigenvalue weighted by molar-refractivity contribution is 7.13. The van der Waals surface area contributed by atoms with Gasteiger partial charge in [0.25, 0.3) is 5.91 Å². The third kappa shape index (κ3) is 3.84. The molecule has 1 N–H and O–H groups in total. The van der Waals surface area contributed by atoms with Crippen LogP contribution in [0.2, 0.25) is 0 Å². The molecule has 9 heteroatoms. The first-order chi connectivity index (χ1) is 13.1. The van der Waals surface area contributed by atoms with E-state index in [1.165, 1.54) is 0 Å². The number of likely N-dealkylation sites (N-methyl/N-ethyl adjacent to an activating group) is 1. The van der Waals surface area contributed by atoms with Crippen LogP contribution in [0.15, 0.2) is 23.6 Å². The zero-order valence-electron chi connectivity index (χ0n) is 15.4. The molecule has 2 aliphatic heterocycles. The Balaban J connectivity index is 1.32. The van der Waals surface area contributed by atoms with Gasteiger partial charge < -0.3 is 19.6 Å². The van der Waals surface area contributed by atoms with Gasteiger partial charge in [0.1, 0.15) is 0 Å². The summed E-state index contributed by atoms with van der Waals surface area (Å²) in [7, 11) is 2.07. The lowest BCUT2D eigenvalue weighted by atomic mass is 10.2. The van der Waals surface area contributed by atoms with Gasteiger partial charge in [-0.1, -0.05) is 6.07 Å². The third-order valence-corrected chi connectivity index (χ3v) is 6.10. The van der Waals surface area contributed by atoms with Crippen LogP contribution in [0.1, 0.15) is 10.5 Å². The maximum atomic E-state index is 12.7. The van der Waals surface area contributed by atoms with Crippen LogP contribution < -0.4 is 0 Å². The number of rotatable bonds is 2. The van der Waals surface area contributed by atoms with E-state index in [9.17, 15) is 9.59 Å². The molecular formula is C18H24N6O2S. The molecule has 2 saturated heterocycles. The predicted octanol–water partition coefficient (Wildman–Crippen LogP) is 1.26. The second-order valence-electron chi connectivity index (χ2n) is 7.00. The number of hydrogen-bond acceptors (Lipinski definition) is 5. The van der Waals surface area contributed by atoms with Crippen LogP contribution >= 0.6 is 11.3 Å². The van der Waals surface area contributed by atoms with Gasteiger partial charge in [-0.2, -0.15) is 5.10 Å². The normalized spacial score (nSPS) is 18.8. The van der Waals surface area contributed by atoms with E-state index < -0.39 is 0 Å². The number of nitrogens with zero attached hydrogens (tertiary/aromatic N) is 5. The van der Waals surface area contributed by atoms with Crippen LogP contribution in [0.5, 0.6) is 0 Å². The molecule has 144 valence electrons. The van der Waals surface area contributed by atoms with E-state index in [0.717, 1.165) is 36.8 Å². The lowest BCUT2D eigenvalue weighted by Crippen LogP contribution is -2.57. The molecule has 0 atom stereocenters. The van der Waals surface area contributed by atoms with Crippen molar-refractivity contribution in [3.63, 3.8) is 0 Å². The van der Waals surface area contributed by atoms with Crippen molar-refractivity contribution in [2.75, 3.05) is 59.4 Å². The number of thiophene rings is 1. The molecule has 0 aromatic carbocycles. The molecule has 27 heavy (non-hydrogen) atoms. The lowest BCUT2D eigenvalue weighted by Gasteiger charge is -2.39. The fraction of sp³-hybridized carbons (Fsp3) is 0.500. The van der Waals surface area contributed by atoms with Gasteiger partial charge in [-0.15, -0.1) is 11.3 Å². The molecule has 0 spiro atoms. The lowest BCUT2D eigenvalue weighted by molar-refractivity contribution is 0.0614. The second kappa shape index (κ2) is 7.69. The van der Waals surface area contributed by atoms with Gasteiger partial charge in [-0.25, -0.2) is 4.79 Å². The summed E-state index contributed by atoms with van der Waals surface area (Å²) < 4.78 is 0. The molecule has 3 amide bonds. The van der Waals surface area contributed by atoms with E-state index in [4.69, 9.17) is 0 Å². The smallest absolute Gasteiger partial charge is 0.320 e. The van der Waals surface area contributed by atoms with Crippen molar-refractivity contribution in [3.8, 4) is 10.6 Å². The average Bonchev–Trinajstić information content (AvgIpc) is 3.39. The molecule has 0 radical (unpaired) electrons. The third-order valence-electron chi connectivity index (χ3n) is 5.19. The number of aromatic amines is 1. The molecule has 4 heterocycles. The van der Waals surface area contributed by atoms with E-state index in [0.29, 0.717) is 31.9 Å². The zero-order chi connectivity index (χ0) is 18.8. The number of amides is 3. The monoisotopic (exact) mass is 388 g/mol. The van der Waals surface area contributed by atoms with E-state index in [1.807, 2.05) is 27.3 Å². The number of nitrogens with one attached hydrogen (secondary N) is 1. The van der Waals surface area contributed by atoms with Crippen molar-refractivity contribution in [2.45, 2.75) is 0 Å². The first kappa shape index (κ1) is 18.0. The van der Waals surface area contributed by atoms with Gasteiger partial charge in [-0.3, -0.25) is 9.89 Å². The summed E-state index contributed by atoms with van der Waals surface area (Å²) in [5.41, 5.74) is 1.29. The minimum absolute atomic E-state index is 0.0826. The summed E-state index contributed by atoms with van der Waals surface area (Å²) in [6.07, 6.45) is 0. The van der Waals surface area contributed by atoms with Crippen molar-refractivity contribution in [2.24, 2.45) is 0 Å². The molecule has 8 nitrogen and oxygen atoms in total. The molecule has 2 aromatic heterocycles. The van der Waals surface area contributed by atoms with Gasteiger partial charge in [0, 0.05) is 52.4 Å². The Bertz CT molecular complexity index is 789. The molecule has 0 aliphatic carbocycles. The summed E-state index contributed by atoms with van der Waals surface area (Å²) in [5, 5.41) is 9.11. The number of H-pyrrole nitrogens is 1. The van der Waals surface area contributed by atoms with Crippen LogP contribution in [0.3, 0.4) is 0 Å². The minimum atomic E-state index is -0.0826. The number of piperazine rings is 2. The molecular weight excluding hydrogens is 364 g/mol. The van der Waals surface area contributed by atoms with E-state index in [1.54, 1.807) is 22.3 Å². The van der Waals surface area contributed by atoms with Gasteiger partial charge in [0.05, 0.1) is 10.6 Å². The first-order valence-electron chi connectivity index (χ1n) is 9.23. The van der Waals surface area contributed by atoms with Gasteiger partial charge >= 0.3 is 6.03 Å². The SMILES string of the molecule is CN1CCN(C(=O)N2CCN(C(=O)c3cc(-c4cccs4)[nH]n3)CC2)CC1. The summed E-state index contributed by atoms with van der Waals surface area (Å²) >= 11 is 1.61. The van der Waals surface area contributed by atoms with Crippen LogP contribution in [0, 0.1) is 0 Å². The molecule has 0 unspecified atom stereocenters. The number of urea groups is 1. The Labute approximate surface area is 162 Å². The van der Waals surface area contributed by atoms with Gasteiger partial charge in [0.2, 0.25) is 0 Å². The van der Waals surface area contributed by atoms with Crippen LogP contribution in [0.4, 0.5) is 4.79 Å². The highest BCUT2D eigenvalue weighted by atomic mass is 32.1. The Morgan fingerprint density at radius 3 is 2.26 bits per heavy atom. The Hall–Kier alpha value is -2.39. The Morgan fingerprint density at radius 2 is 1.63 bits per heavy atom.